The summed E-state index contributed by atoms with van der Waals surface area (Å²) in [6.07, 6.45) is 4.07. The van der Waals surface area contributed by atoms with Crippen LogP contribution in [0.25, 0.3) is 0 Å². The molecule has 2 rings (SSSR count). The van der Waals surface area contributed by atoms with Crippen LogP contribution in [-0.2, 0) is 26.0 Å². The summed E-state index contributed by atoms with van der Waals surface area (Å²) >= 11 is 0. The van der Waals surface area contributed by atoms with E-state index in [0.29, 0.717) is 5.69 Å². The summed E-state index contributed by atoms with van der Waals surface area (Å²) < 4.78 is 23.5. The van der Waals surface area contributed by atoms with Crippen molar-refractivity contribution in [2.75, 3.05) is 11.1 Å². The van der Waals surface area contributed by atoms with Crippen molar-refractivity contribution in [3.8, 4) is 0 Å². The molecule has 1 aliphatic carbocycles. The molecule has 0 radical (unpaired) electrons. The minimum absolute atomic E-state index is 0.0433. The fraction of sp³-hybridized carbons (Fsp3) is 0.556. The average molecular weight is 366 g/mol. The molecule has 2 N–H and O–H groups in total. The lowest BCUT2D eigenvalue weighted by atomic mass is 10.1. The zero-order chi connectivity index (χ0) is 18.4. The van der Waals surface area contributed by atoms with E-state index in [9.17, 15) is 18.0 Å². The van der Waals surface area contributed by atoms with Gasteiger partial charge in [0.25, 0.3) is 0 Å². The predicted octanol–water partition coefficient (Wildman–Crippen LogP) is 2.25. The van der Waals surface area contributed by atoms with Crippen molar-refractivity contribution < 1.29 is 18.0 Å². The fourth-order valence-corrected chi connectivity index (χ4v) is 3.59. The number of carbonyl (C=O) groups excluding carboxylic acids is 2. The molecule has 0 aliphatic heterocycles. The maximum atomic E-state index is 12.2. The second-order valence-electron chi connectivity index (χ2n) is 6.80. The summed E-state index contributed by atoms with van der Waals surface area (Å²) in [7, 11) is -3.40. The van der Waals surface area contributed by atoms with E-state index < -0.39 is 26.7 Å². The Morgan fingerprint density at radius 2 is 1.88 bits per heavy atom. The highest BCUT2D eigenvalue weighted by Gasteiger charge is 2.23. The van der Waals surface area contributed by atoms with Gasteiger partial charge in [-0.1, -0.05) is 25.0 Å². The van der Waals surface area contributed by atoms with E-state index in [0.717, 1.165) is 31.2 Å². The number of amides is 2. The highest BCUT2D eigenvalue weighted by atomic mass is 32.2. The molecule has 7 heteroatoms. The monoisotopic (exact) mass is 366 g/mol. The van der Waals surface area contributed by atoms with Crippen LogP contribution in [0.15, 0.2) is 24.3 Å². The molecule has 6 nitrogen and oxygen atoms in total. The third-order valence-corrected chi connectivity index (χ3v) is 6.56. The molecule has 0 aromatic heterocycles. The quantitative estimate of drug-likeness (QED) is 0.774. The molecule has 138 valence electrons. The molecule has 0 atom stereocenters. The number of anilines is 1. The Morgan fingerprint density at radius 1 is 1.20 bits per heavy atom. The number of benzene rings is 1. The summed E-state index contributed by atoms with van der Waals surface area (Å²) in [5, 5.41) is 4.96. The van der Waals surface area contributed by atoms with Crippen LogP contribution < -0.4 is 10.6 Å². The van der Waals surface area contributed by atoms with Gasteiger partial charge in [0.05, 0.1) is 5.25 Å². The first-order valence-corrected chi connectivity index (χ1v) is 10.4. The van der Waals surface area contributed by atoms with Gasteiger partial charge in [0.15, 0.2) is 9.84 Å². The Balaban J connectivity index is 1.88. The largest absolute Gasteiger partial charge is 0.351 e. The Morgan fingerprint density at radius 3 is 2.52 bits per heavy atom. The lowest BCUT2D eigenvalue weighted by molar-refractivity contribution is -0.120. The molecule has 1 aliphatic rings. The van der Waals surface area contributed by atoms with Crippen LogP contribution in [0.1, 0.15) is 45.1 Å². The van der Waals surface area contributed by atoms with Crippen LogP contribution in [0.4, 0.5) is 5.69 Å². The van der Waals surface area contributed by atoms with E-state index in [1.807, 2.05) is 6.07 Å². The third kappa shape index (κ3) is 5.85. The Bertz CT molecular complexity index is 722. The van der Waals surface area contributed by atoms with Gasteiger partial charge >= 0.3 is 0 Å². The lowest BCUT2D eigenvalue weighted by Crippen LogP contribution is -2.32. The molecule has 1 fully saturated rings. The van der Waals surface area contributed by atoms with Gasteiger partial charge in [-0.3, -0.25) is 9.59 Å². The number of nitrogens with one attached hydrogen (secondary N) is 2. The lowest BCUT2D eigenvalue weighted by Gasteiger charge is -2.12. The number of rotatable bonds is 7. The smallest absolute Gasteiger partial charge is 0.235 e. The molecule has 1 aromatic carbocycles. The summed E-state index contributed by atoms with van der Waals surface area (Å²) in [4.78, 5) is 24.0. The highest BCUT2D eigenvalue weighted by molar-refractivity contribution is 7.92. The minimum atomic E-state index is -3.40. The second-order valence-corrected chi connectivity index (χ2v) is 9.36. The van der Waals surface area contributed by atoms with Crippen molar-refractivity contribution in [2.45, 2.75) is 51.3 Å². The number of hydrogen-bond acceptors (Lipinski definition) is 4. The molecule has 0 saturated heterocycles. The zero-order valence-electron chi connectivity index (χ0n) is 14.7. The van der Waals surface area contributed by atoms with Gasteiger partial charge in [0.2, 0.25) is 11.8 Å². The SMILES string of the molecule is CC(C)S(=O)(=O)CC(=O)NCc1cccc(NC(=O)C2CCCC2)c1. The number of carbonyl (C=O) groups is 2. The molecular formula is C18H26N2O4S. The fourth-order valence-electron chi connectivity index (χ4n) is 2.79. The van der Waals surface area contributed by atoms with E-state index in [-0.39, 0.29) is 18.4 Å². The summed E-state index contributed by atoms with van der Waals surface area (Å²) in [5.41, 5.74) is 1.50. The number of sulfone groups is 1. The first-order valence-electron chi connectivity index (χ1n) is 8.66. The maximum Gasteiger partial charge on any atom is 0.235 e. The van der Waals surface area contributed by atoms with E-state index >= 15 is 0 Å². The van der Waals surface area contributed by atoms with Crippen molar-refractivity contribution in [3.63, 3.8) is 0 Å². The van der Waals surface area contributed by atoms with Gasteiger partial charge < -0.3 is 10.6 Å². The van der Waals surface area contributed by atoms with Gasteiger partial charge in [-0.05, 0) is 44.4 Å². The Kier molecular flexibility index (Phi) is 6.58. The van der Waals surface area contributed by atoms with Crippen LogP contribution in [0.5, 0.6) is 0 Å². The molecule has 1 aromatic rings. The van der Waals surface area contributed by atoms with Crippen molar-refractivity contribution in [1.82, 2.24) is 5.32 Å². The van der Waals surface area contributed by atoms with Crippen molar-refractivity contribution in [3.05, 3.63) is 29.8 Å². The van der Waals surface area contributed by atoms with Crippen molar-refractivity contribution in [2.24, 2.45) is 5.92 Å². The zero-order valence-corrected chi connectivity index (χ0v) is 15.6. The van der Waals surface area contributed by atoms with E-state index in [2.05, 4.69) is 10.6 Å². The van der Waals surface area contributed by atoms with Crippen LogP contribution in [0, 0.1) is 5.92 Å². The average Bonchev–Trinajstić information content (AvgIpc) is 3.07. The highest BCUT2D eigenvalue weighted by Crippen LogP contribution is 2.26. The van der Waals surface area contributed by atoms with Crippen LogP contribution in [0.2, 0.25) is 0 Å². The number of hydrogen-bond donors (Lipinski definition) is 2. The third-order valence-electron chi connectivity index (χ3n) is 4.46. The molecular weight excluding hydrogens is 340 g/mol. The van der Waals surface area contributed by atoms with Gasteiger partial charge in [0, 0.05) is 18.2 Å². The van der Waals surface area contributed by atoms with Crippen LogP contribution in [0.3, 0.4) is 0 Å². The predicted molar refractivity (Wildman–Crippen MR) is 97.8 cm³/mol. The van der Waals surface area contributed by atoms with Gasteiger partial charge in [-0.2, -0.15) is 0 Å². The second kappa shape index (κ2) is 8.47. The van der Waals surface area contributed by atoms with Gasteiger partial charge in [0.1, 0.15) is 5.75 Å². The van der Waals surface area contributed by atoms with Crippen LogP contribution >= 0.6 is 0 Å². The molecule has 25 heavy (non-hydrogen) atoms. The topological polar surface area (TPSA) is 92.3 Å². The van der Waals surface area contributed by atoms with E-state index in [1.54, 1.807) is 32.0 Å². The van der Waals surface area contributed by atoms with Crippen molar-refractivity contribution >= 4 is 27.3 Å². The Labute approximate surface area is 149 Å². The van der Waals surface area contributed by atoms with E-state index in [1.165, 1.54) is 0 Å². The Hall–Kier alpha value is -1.89. The molecule has 0 bridgehead atoms. The van der Waals surface area contributed by atoms with Gasteiger partial charge in [-0.25, -0.2) is 8.42 Å². The van der Waals surface area contributed by atoms with Crippen molar-refractivity contribution in [1.29, 1.82) is 0 Å². The minimum Gasteiger partial charge on any atom is -0.351 e. The van der Waals surface area contributed by atoms with Gasteiger partial charge in [-0.15, -0.1) is 0 Å². The molecule has 2 amide bonds. The molecule has 1 saturated carbocycles. The van der Waals surface area contributed by atoms with Crippen LogP contribution in [-0.4, -0.2) is 31.2 Å². The normalized spacial score (nSPS) is 15.3. The molecule has 0 spiro atoms. The molecule has 0 heterocycles. The first-order chi connectivity index (χ1) is 11.8. The molecule has 0 unspecified atom stereocenters. The maximum absolute atomic E-state index is 12.2. The van der Waals surface area contributed by atoms with E-state index in [4.69, 9.17) is 0 Å². The summed E-state index contributed by atoms with van der Waals surface area (Å²) in [6.45, 7) is 3.33. The first kappa shape index (κ1) is 19.4. The standard InChI is InChI=1S/C18H26N2O4S/c1-13(2)25(23,24)12-17(21)19-11-14-6-5-9-16(10-14)20-18(22)15-7-3-4-8-15/h5-6,9-10,13,15H,3-4,7-8,11-12H2,1-2H3,(H,19,21)(H,20,22). The summed E-state index contributed by atoms with van der Waals surface area (Å²) in [5.74, 6) is -0.900. The summed E-state index contributed by atoms with van der Waals surface area (Å²) in [6, 6.07) is 7.23.